The van der Waals surface area contributed by atoms with E-state index >= 15 is 0 Å². The van der Waals surface area contributed by atoms with E-state index in [1.807, 2.05) is 26.8 Å². The number of ether oxygens (including phenoxy) is 5. The Kier molecular flexibility index (Phi) is 14.0. The van der Waals surface area contributed by atoms with E-state index in [9.17, 15) is 19.2 Å². The van der Waals surface area contributed by atoms with Crippen LogP contribution in [0.1, 0.15) is 67.1 Å². The minimum Gasteiger partial charge on any atom is -0.489 e. The zero-order chi connectivity index (χ0) is 36.2. The van der Waals surface area contributed by atoms with Crippen LogP contribution in [-0.4, -0.2) is 122 Å². The predicted octanol–water partition coefficient (Wildman–Crippen LogP) is 2.93. The van der Waals surface area contributed by atoms with E-state index in [2.05, 4.69) is 39.4 Å². The van der Waals surface area contributed by atoms with Gasteiger partial charge < -0.3 is 28.6 Å². The predicted molar refractivity (Wildman–Crippen MR) is 188 cm³/mol. The molecule has 2 saturated heterocycles. The second kappa shape index (κ2) is 18.6. The van der Waals surface area contributed by atoms with Gasteiger partial charge in [0.1, 0.15) is 24.0 Å². The Balaban J connectivity index is 0.918. The van der Waals surface area contributed by atoms with Crippen LogP contribution in [0.4, 0.5) is 0 Å². The summed E-state index contributed by atoms with van der Waals surface area (Å²) in [6.07, 6.45) is 0.787. The first kappa shape index (κ1) is 38.4. The van der Waals surface area contributed by atoms with E-state index in [1.165, 1.54) is 5.56 Å². The number of nitrogens with zero attached hydrogens (tertiary/aromatic N) is 3. The number of carbonyl (C=O) groups is 4. The number of amides is 3. The molecule has 0 saturated carbocycles. The summed E-state index contributed by atoms with van der Waals surface area (Å²) in [5.74, 6) is -0.560. The van der Waals surface area contributed by atoms with Crippen LogP contribution in [0.15, 0.2) is 42.5 Å². The van der Waals surface area contributed by atoms with Crippen LogP contribution in [-0.2, 0) is 53.0 Å². The van der Waals surface area contributed by atoms with Gasteiger partial charge in [0.25, 0.3) is 5.91 Å². The van der Waals surface area contributed by atoms with Crippen molar-refractivity contribution in [2.75, 3.05) is 72.4 Å². The van der Waals surface area contributed by atoms with Crippen molar-refractivity contribution in [2.45, 2.75) is 71.4 Å². The molecule has 0 aliphatic carbocycles. The van der Waals surface area contributed by atoms with Gasteiger partial charge in [-0.1, -0.05) is 30.3 Å². The summed E-state index contributed by atoms with van der Waals surface area (Å²) in [5.41, 5.74) is 3.11. The van der Waals surface area contributed by atoms with Gasteiger partial charge in [0.2, 0.25) is 11.8 Å². The third-order valence-corrected chi connectivity index (χ3v) is 8.99. The molecule has 0 radical (unpaired) electrons. The Labute approximate surface area is 300 Å². The van der Waals surface area contributed by atoms with Crippen LogP contribution in [0.3, 0.4) is 0 Å². The van der Waals surface area contributed by atoms with Crippen molar-refractivity contribution in [2.24, 2.45) is 0 Å². The lowest BCUT2D eigenvalue weighted by Gasteiger charge is -2.34. The number of nitrogens with one attached hydrogen (secondary N) is 1. The van der Waals surface area contributed by atoms with Crippen molar-refractivity contribution >= 4 is 23.7 Å². The van der Waals surface area contributed by atoms with Crippen LogP contribution in [0.25, 0.3) is 0 Å². The number of hydrogen-bond acceptors (Lipinski definition) is 11. The number of imide groups is 1. The number of piperidine rings is 1. The van der Waals surface area contributed by atoms with Crippen molar-refractivity contribution in [1.29, 1.82) is 0 Å². The van der Waals surface area contributed by atoms with E-state index < -0.39 is 17.6 Å². The number of rotatable bonds is 18. The maximum Gasteiger partial charge on any atom is 0.308 e. The van der Waals surface area contributed by atoms with Gasteiger partial charge in [-0.25, -0.2) is 0 Å². The molecule has 3 heterocycles. The number of esters is 1. The largest absolute Gasteiger partial charge is 0.489 e. The first-order valence-electron chi connectivity index (χ1n) is 17.9. The Morgan fingerprint density at radius 1 is 0.824 bits per heavy atom. The van der Waals surface area contributed by atoms with Gasteiger partial charge in [0.05, 0.1) is 52.6 Å². The lowest BCUT2D eigenvalue weighted by molar-refractivity contribution is -0.156. The Hall–Kier alpha value is -3.88. The molecular formula is C38H52N4O9. The SMILES string of the molecule is CC(C)(C)OC(=O)CCOCCOCCOCCN1CCN(Cc2ccc(COc3cccc4c3CN(C3CCC(=O)NC3=O)C4=O)cc2)CC1. The van der Waals surface area contributed by atoms with Crippen molar-refractivity contribution < 1.29 is 42.9 Å². The van der Waals surface area contributed by atoms with Crippen LogP contribution in [0.2, 0.25) is 0 Å². The molecule has 3 amide bonds. The molecule has 2 aromatic carbocycles. The molecule has 0 aromatic heterocycles. The third-order valence-electron chi connectivity index (χ3n) is 8.99. The minimum atomic E-state index is -0.653. The normalized spacial score (nSPS) is 18.5. The van der Waals surface area contributed by atoms with Gasteiger partial charge in [0.15, 0.2) is 0 Å². The van der Waals surface area contributed by atoms with Gasteiger partial charge >= 0.3 is 5.97 Å². The van der Waals surface area contributed by atoms with Crippen LogP contribution in [0.5, 0.6) is 5.75 Å². The monoisotopic (exact) mass is 708 g/mol. The van der Waals surface area contributed by atoms with Gasteiger partial charge in [-0.15, -0.1) is 0 Å². The van der Waals surface area contributed by atoms with E-state index in [1.54, 1.807) is 17.0 Å². The fourth-order valence-corrected chi connectivity index (χ4v) is 6.31. The molecule has 51 heavy (non-hydrogen) atoms. The average Bonchev–Trinajstić information content (AvgIpc) is 3.43. The van der Waals surface area contributed by atoms with Gasteiger partial charge in [-0.3, -0.25) is 34.3 Å². The van der Waals surface area contributed by atoms with Crippen LogP contribution >= 0.6 is 0 Å². The highest BCUT2D eigenvalue weighted by atomic mass is 16.6. The molecule has 0 spiro atoms. The third kappa shape index (κ3) is 11.8. The number of fused-ring (bicyclic) bond motifs is 1. The Morgan fingerprint density at radius 3 is 2.16 bits per heavy atom. The zero-order valence-corrected chi connectivity index (χ0v) is 30.2. The molecule has 2 aromatic rings. The van der Waals surface area contributed by atoms with Crippen molar-refractivity contribution in [1.82, 2.24) is 20.0 Å². The summed E-state index contributed by atoms with van der Waals surface area (Å²) in [6, 6.07) is 13.2. The molecule has 1 atom stereocenters. The average molecular weight is 709 g/mol. The zero-order valence-electron chi connectivity index (χ0n) is 30.2. The second-order valence-corrected chi connectivity index (χ2v) is 14.1. The number of hydrogen-bond donors (Lipinski definition) is 1. The smallest absolute Gasteiger partial charge is 0.308 e. The summed E-state index contributed by atoms with van der Waals surface area (Å²) in [7, 11) is 0. The molecule has 1 unspecified atom stereocenters. The molecule has 2 fully saturated rings. The maximum atomic E-state index is 13.1. The highest BCUT2D eigenvalue weighted by molar-refractivity contribution is 6.05. The summed E-state index contributed by atoms with van der Waals surface area (Å²) in [6.45, 7) is 14.9. The molecular weight excluding hydrogens is 656 g/mol. The Morgan fingerprint density at radius 2 is 1.47 bits per heavy atom. The number of piperazine rings is 1. The number of benzene rings is 2. The fourth-order valence-electron chi connectivity index (χ4n) is 6.31. The van der Waals surface area contributed by atoms with Crippen LogP contribution in [0, 0.1) is 0 Å². The fraction of sp³-hybridized carbons (Fsp3) is 0.579. The van der Waals surface area contributed by atoms with Crippen molar-refractivity contribution in [3.63, 3.8) is 0 Å². The molecule has 278 valence electrons. The quantitative estimate of drug-likeness (QED) is 0.139. The van der Waals surface area contributed by atoms with Crippen molar-refractivity contribution in [3.05, 3.63) is 64.7 Å². The van der Waals surface area contributed by atoms with Gasteiger partial charge in [-0.2, -0.15) is 0 Å². The standard InChI is InChI=1S/C38H52N4O9/c1-38(2,3)51-35(44)13-19-47-21-23-49-24-22-48-20-18-40-14-16-41(17-15-40)25-28-7-9-29(10-8-28)27-50-33-6-4-5-30-31(33)26-42(37(30)46)32-11-12-34(43)39-36(32)45/h4-10,32H,11-27H2,1-3H3,(H,39,43,45). The van der Waals surface area contributed by atoms with Crippen molar-refractivity contribution in [3.8, 4) is 5.75 Å². The molecule has 0 bridgehead atoms. The Bertz CT molecular complexity index is 1490. The van der Waals surface area contributed by atoms with Gasteiger partial charge in [0, 0.05) is 56.8 Å². The lowest BCUT2D eigenvalue weighted by atomic mass is 10.0. The molecule has 1 N–H and O–H groups in total. The topological polar surface area (TPSA) is 136 Å². The van der Waals surface area contributed by atoms with E-state index in [0.29, 0.717) is 64.0 Å². The van der Waals surface area contributed by atoms with Gasteiger partial charge in [-0.05, 0) is 50.5 Å². The summed E-state index contributed by atoms with van der Waals surface area (Å²) < 4.78 is 28.2. The molecule has 13 heteroatoms. The summed E-state index contributed by atoms with van der Waals surface area (Å²) in [4.78, 5) is 55.2. The number of carbonyl (C=O) groups excluding carboxylic acids is 4. The second-order valence-electron chi connectivity index (χ2n) is 14.1. The summed E-state index contributed by atoms with van der Waals surface area (Å²) in [5, 5.41) is 2.34. The minimum absolute atomic E-state index is 0.210. The summed E-state index contributed by atoms with van der Waals surface area (Å²) >= 11 is 0. The highest BCUT2D eigenvalue weighted by Crippen LogP contribution is 2.34. The first-order valence-corrected chi connectivity index (χ1v) is 17.9. The maximum absolute atomic E-state index is 13.1. The molecule has 13 nitrogen and oxygen atoms in total. The van der Waals surface area contributed by atoms with E-state index in [4.69, 9.17) is 23.7 Å². The molecule has 5 rings (SSSR count). The highest BCUT2D eigenvalue weighted by Gasteiger charge is 2.40. The molecule has 3 aliphatic heterocycles. The lowest BCUT2D eigenvalue weighted by Crippen LogP contribution is -2.52. The van der Waals surface area contributed by atoms with E-state index in [0.717, 1.165) is 50.4 Å². The van der Waals surface area contributed by atoms with Crippen LogP contribution < -0.4 is 10.1 Å². The molecule has 3 aliphatic rings. The van der Waals surface area contributed by atoms with E-state index in [-0.39, 0.29) is 37.2 Å². The first-order chi connectivity index (χ1) is 24.6.